The molecule has 0 bridgehead atoms. The average molecular weight is 802 g/mol. The first kappa shape index (κ1) is 35.6. The molecule has 0 radical (unpaired) electrons. The van der Waals surface area contributed by atoms with Gasteiger partial charge >= 0.3 is 0 Å². The van der Waals surface area contributed by atoms with Gasteiger partial charge in [0.05, 0.1) is 39.4 Å². The van der Waals surface area contributed by atoms with Crippen LogP contribution in [-0.2, 0) is 5.41 Å². The summed E-state index contributed by atoms with van der Waals surface area (Å²) in [4.78, 5) is 10.3. The van der Waals surface area contributed by atoms with Crippen LogP contribution in [-0.4, -0.2) is 14.5 Å². The quantitative estimate of drug-likeness (QED) is 0.128. The zero-order valence-electron chi connectivity index (χ0n) is 34.7. The molecule has 0 N–H and O–H groups in total. The number of para-hydroxylation sites is 1. The lowest BCUT2D eigenvalue weighted by molar-refractivity contribution is 0.792. The first-order valence-corrected chi connectivity index (χ1v) is 21.7. The molecule has 0 atom stereocenters. The number of aromatic nitrogens is 3. The van der Waals surface area contributed by atoms with Crippen molar-refractivity contribution in [3.8, 4) is 50.3 Å². The van der Waals surface area contributed by atoms with Gasteiger partial charge in [-0.3, -0.25) is 4.98 Å². The molecule has 0 fully saturated rings. The third-order valence-corrected chi connectivity index (χ3v) is 13.8. The third-order valence-electron chi connectivity index (χ3n) is 13.8. The molecular formula is C60H39N3. The van der Waals surface area contributed by atoms with E-state index in [2.05, 4.69) is 206 Å². The van der Waals surface area contributed by atoms with Crippen LogP contribution in [0.1, 0.15) is 33.4 Å². The summed E-state index contributed by atoms with van der Waals surface area (Å²) < 4.78 is 2.46. The van der Waals surface area contributed by atoms with Crippen LogP contribution in [0.25, 0.3) is 100 Å². The fourth-order valence-corrected chi connectivity index (χ4v) is 11.1. The second kappa shape index (κ2) is 13.4. The zero-order valence-corrected chi connectivity index (χ0v) is 34.7. The Kier molecular flexibility index (Phi) is 7.59. The van der Waals surface area contributed by atoms with Crippen LogP contribution in [0, 0.1) is 6.92 Å². The van der Waals surface area contributed by atoms with Gasteiger partial charge in [-0.15, -0.1) is 0 Å². The maximum atomic E-state index is 5.30. The van der Waals surface area contributed by atoms with Crippen LogP contribution in [0.4, 0.5) is 0 Å². The molecule has 2 aliphatic rings. The molecule has 0 saturated carbocycles. The van der Waals surface area contributed by atoms with Crippen molar-refractivity contribution in [1.82, 2.24) is 14.5 Å². The largest absolute Gasteiger partial charge is 0.309 e. The van der Waals surface area contributed by atoms with Crippen LogP contribution >= 0.6 is 0 Å². The second-order valence-electron chi connectivity index (χ2n) is 16.9. The Hall–Kier alpha value is -8.14. The first-order chi connectivity index (χ1) is 31.1. The predicted molar refractivity (Wildman–Crippen MR) is 263 cm³/mol. The topological polar surface area (TPSA) is 30.7 Å². The molecule has 0 unspecified atom stereocenters. The maximum Gasteiger partial charge on any atom is 0.0975 e. The van der Waals surface area contributed by atoms with Crippen LogP contribution in [0.5, 0.6) is 0 Å². The summed E-state index contributed by atoms with van der Waals surface area (Å²) in [5.74, 6) is 0. The van der Waals surface area contributed by atoms with Gasteiger partial charge < -0.3 is 4.57 Å². The van der Waals surface area contributed by atoms with Crippen LogP contribution < -0.4 is 0 Å². The normalized spacial score (nSPS) is 13.3. The van der Waals surface area contributed by atoms with E-state index in [1.54, 1.807) is 0 Å². The van der Waals surface area contributed by atoms with Gasteiger partial charge in [0.15, 0.2) is 0 Å². The summed E-state index contributed by atoms with van der Waals surface area (Å²) in [7, 11) is 0. The first-order valence-electron chi connectivity index (χ1n) is 21.7. The maximum absolute atomic E-state index is 5.30. The van der Waals surface area contributed by atoms with Crippen molar-refractivity contribution in [3.05, 3.63) is 240 Å². The van der Waals surface area contributed by atoms with Gasteiger partial charge in [-0.05, 0) is 115 Å². The molecule has 63 heavy (non-hydrogen) atoms. The third kappa shape index (κ3) is 4.90. The average Bonchev–Trinajstić information content (AvgIpc) is 3.95. The minimum absolute atomic E-state index is 0.404. The summed E-state index contributed by atoms with van der Waals surface area (Å²) in [6.07, 6.45) is 7.83. The fraction of sp³-hybridized carbons (Fsp3) is 0.0333. The molecule has 2 heterocycles. The Bertz CT molecular complexity index is 3720. The Morgan fingerprint density at radius 1 is 0.492 bits per heavy atom. The van der Waals surface area contributed by atoms with Crippen molar-refractivity contribution in [2.24, 2.45) is 0 Å². The molecule has 0 amide bonds. The Morgan fingerprint density at radius 2 is 1.10 bits per heavy atom. The van der Waals surface area contributed by atoms with E-state index in [-0.39, 0.29) is 0 Å². The van der Waals surface area contributed by atoms with Gasteiger partial charge in [-0.25, -0.2) is 4.98 Å². The zero-order chi connectivity index (χ0) is 41.8. The number of nitrogens with zero attached hydrogens (tertiary/aromatic N) is 3. The lowest BCUT2D eigenvalue weighted by Gasteiger charge is -2.30. The molecular weight excluding hydrogens is 763 g/mol. The van der Waals surface area contributed by atoms with Crippen molar-refractivity contribution in [2.75, 3.05) is 0 Å². The number of rotatable bonds is 5. The van der Waals surface area contributed by atoms with Crippen LogP contribution in [0.3, 0.4) is 0 Å². The molecule has 0 saturated heterocycles. The van der Waals surface area contributed by atoms with E-state index in [0.717, 1.165) is 61.0 Å². The second-order valence-corrected chi connectivity index (χ2v) is 16.9. The van der Waals surface area contributed by atoms with E-state index in [4.69, 9.17) is 9.97 Å². The monoisotopic (exact) mass is 801 g/mol. The van der Waals surface area contributed by atoms with Gasteiger partial charge in [-0.2, -0.15) is 0 Å². The summed E-state index contributed by atoms with van der Waals surface area (Å²) in [5, 5.41) is 4.70. The number of hydrogen-bond acceptors (Lipinski definition) is 2. The minimum atomic E-state index is -0.404. The summed E-state index contributed by atoms with van der Waals surface area (Å²) in [6, 6.07) is 67.2. The van der Waals surface area contributed by atoms with E-state index in [1.165, 1.54) is 66.3 Å². The molecule has 11 aromatic rings. The highest BCUT2D eigenvalue weighted by Gasteiger charge is 2.51. The van der Waals surface area contributed by atoms with E-state index >= 15 is 0 Å². The molecule has 3 nitrogen and oxygen atoms in total. The minimum Gasteiger partial charge on any atom is -0.309 e. The van der Waals surface area contributed by atoms with Gasteiger partial charge in [0, 0.05) is 27.4 Å². The van der Waals surface area contributed by atoms with Gasteiger partial charge in [0.1, 0.15) is 0 Å². The van der Waals surface area contributed by atoms with Gasteiger partial charge in [0.2, 0.25) is 0 Å². The predicted octanol–water partition coefficient (Wildman–Crippen LogP) is 15.1. The molecule has 13 rings (SSSR count). The smallest absolute Gasteiger partial charge is 0.0975 e. The molecule has 9 aromatic carbocycles. The van der Waals surface area contributed by atoms with Crippen molar-refractivity contribution < 1.29 is 0 Å². The summed E-state index contributed by atoms with van der Waals surface area (Å²) in [6.45, 7) is 6.02. The number of allylic oxidation sites excluding steroid dienone is 2. The van der Waals surface area contributed by atoms with E-state index in [0.29, 0.717) is 0 Å². The Balaban J connectivity index is 0.955. The Morgan fingerprint density at radius 3 is 1.83 bits per heavy atom. The van der Waals surface area contributed by atoms with Crippen molar-refractivity contribution >= 4 is 49.7 Å². The van der Waals surface area contributed by atoms with Crippen LogP contribution in [0.15, 0.2) is 207 Å². The number of aryl methyl sites for hydroxylation is 1. The van der Waals surface area contributed by atoms with E-state index < -0.39 is 5.41 Å². The SMILES string of the molecule is C=C/C=C\c1c(C)c2ncc(-c3cccc(-c4ccc5c(c4)c4ccccc4n5-c4ccc5c(c4)C4(c6ccccc6-c6ccccc64)c4ccccc4-5)c3)nc2c2ccccc12. The van der Waals surface area contributed by atoms with E-state index in [9.17, 15) is 0 Å². The van der Waals surface area contributed by atoms with E-state index in [1.807, 2.05) is 18.3 Å². The molecule has 1 spiro atoms. The van der Waals surface area contributed by atoms with Gasteiger partial charge in [0.25, 0.3) is 0 Å². The number of benzene rings is 9. The van der Waals surface area contributed by atoms with Crippen molar-refractivity contribution in [3.63, 3.8) is 0 Å². The van der Waals surface area contributed by atoms with Crippen molar-refractivity contribution in [1.29, 1.82) is 0 Å². The van der Waals surface area contributed by atoms with Crippen LogP contribution in [0.2, 0.25) is 0 Å². The molecule has 2 aliphatic carbocycles. The van der Waals surface area contributed by atoms with Gasteiger partial charge in [-0.1, -0.05) is 170 Å². The highest BCUT2D eigenvalue weighted by molar-refractivity contribution is 6.12. The number of fused-ring (bicyclic) bond motifs is 16. The lowest BCUT2D eigenvalue weighted by atomic mass is 9.70. The fourth-order valence-electron chi connectivity index (χ4n) is 11.1. The highest BCUT2D eigenvalue weighted by Crippen LogP contribution is 2.63. The summed E-state index contributed by atoms with van der Waals surface area (Å²) >= 11 is 0. The molecule has 0 aliphatic heterocycles. The number of hydrogen-bond donors (Lipinski definition) is 0. The van der Waals surface area contributed by atoms with Crippen molar-refractivity contribution in [2.45, 2.75) is 12.3 Å². The summed E-state index contributed by atoms with van der Waals surface area (Å²) in [5.41, 5.74) is 22.0. The highest BCUT2D eigenvalue weighted by atomic mass is 15.0. The standard InChI is InChI=1S/C60H39N3/c1-3-4-18-42-37(2)58-59(49-24-6-5-19-43(42)49)62-55(36-61-58)40-17-15-16-38(33-40)39-29-32-57-50(34-39)48-23-10-14-28-56(48)63(57)41-30-31-47-46-22-9-13-27-53(46)60(54(47)35-41)51-25-11-7-20-44(51)45-21-8-12-26-52(45)60/h3-36H,1H2,2H3/b18-4-. The molecule has 294 valence electrons. The molecule has 3 heteroatoms. The molecule has 2 aromatic heterocycles. The Labute approximate surface area is 365 Å². The lowest BCUT2D eigenvalue weighted by Crippen LogP contribution is -2.26.